The van der Waals surface area contributed by atoms with Gasteiger partial charge in [-0.1, -0.05) is 36.4 Å². The summed E-state index contributed by atoms with van der Waals surface area (Å²) in [5.41, 5.74) is 9.92. The van der Waals surface area contributed by atoms with Crippen LogP contribution in [0.4, 0.5) is 9.59 Å². The molecule has 6 rings (SSSR count). The first-order chi connectivity index (χ1) is 27.1. The molecule has 0 radical (unpaired) electrons. The van der Waals surface area contributed by atoms with Gasteiger partial charge < -0.3 is 19.6 Å². The first-order valence-electron chi connectivity index (χ1n) is 19.0. The van der Waals surface area contributed by atoms with E-state index in [1.807, 2.05) is 19.1 Å². The molecule has 2 saturated heterocycles. The highest BCUT2D eigenvalue weighted by Gasteiger charge is 2.30. The van der Waals surface area contributed by atoms with Crippen molar-refractivity contribution in [2.24, 2.45) is 0 Å². The maximum absolute atomic E-state index is 12.7. The molecule has 2 aromatic carbocycles. The van der Waals surface area contributed by atoms with E-state index in [4.69, 9.17) is 32.0 Å². The summed E-state index contributed by atoms with van der Waals surface area (Å²) in [5.74, 6) is 0.410. The van der Waals surface area contributed by atoms with Crippen molar-refractivity contribution in [1.82, 2.24) is 29.6 Å². The van der Waals surface area contributed by atoms with Crippen LogP contribution in [-0.4, -0.2) is 97.5 Å². The zero-order valence-corrected chi connectivity index (χ0v) is 35.0. The van der Waals surface area contributed by atoms with Crippen molar-refractivity contribution < 1.29 is 19.4 Å². The van der Waals surface area contributed by atoms with Gasteiger partial charge in [-0.05, 0) is 100 Å². The first kappa shape index (κ1) is 44.2. The van der Waals surface area contributed by atoms with Gasteiger partial charge in [0.05, 0.1) is 22.5 Å². The smallest absolute Gasteiger partial charge is 0.415 e. The second kappa shape index (κ2) is 20.6. The van der Waals surface area contributed by atoms with Gasteiger partial charge in [-0.15, -0.1) is 0 Å². The molecular weight excluding hydrogens is 740 g/mol. The van der Waals surface area contributed by atoms with Crippen LogP contribution in [0, 0.1) is 64.2 Å². The zero-order chi connectivity index (χ0) is 41.8. The lowest BCUT2D eigenvalue weighted by molar-refractivity contribution is 0.0749. The van der Waals surface area contributed by atoms with Crippen LogP contribution in [0.1, 0.15) is 69.7 Å². The fourth-order valence-electron chi connectivity index (χ4n) is 6.75. The standard InChI is InChI=1S/C22H26N4O2.C15H21ClN2O.C7H6N2O/c1-15-6-5-7-20(17(15)3)14-25-8-9-26(16(2)13-25)22(27)28-21-10-19(11-23)12-24-18(21)4;1-11-5-4-6-14(13(11)3)10-17-7-8-18(15(16)19)12(2)9-17;1-5-7(10)2-6(3-8)4-9-5/h5-7,10,12,16H,8-9,13-14H2,1-4H3;4-6,12H,7-10H2,1-3H3;2,4,10H,1H3/t16-;12-;/m11./s1. The number of hydrogen-bond donors (Lipinski definition) is 1. The van der Waals surface area contributed by atoms with E-state index in [-0.39, 0.29) is 29.3 Å². The molecule has 2 fully saturated rings. The number of piperazine rings is 2. The van der Waals surface area contributed by atoms with Crippen LogP contribution in [-0.2, 0) is 13.1 Å². The highest BCUT2D eigenvalue weighted by atomic mass is 35.5. The molecule has 2 aromatic heterocycles. The average molecular weight is 793 g/mol. The molecule has 13 heteroatoms. The van der Waals surface area contributed by atoms with Crippen molar-refractivity contribution in [2.45, 2.75) is 80.6 Å². The summed E-state index contributed by atoms with van der Waals surface area (Å²) in [6.07, 6.45) is 2.51. The molecule has 2 aliphatic rings. The van der Waals surface area contributed by atoms with E-state index >= 15 is 0 Å². The molecule has 300 valence electrons. The molecule has 0 aliphatic carbocycles. The maximum atomic E-state index is 12.7. The minimum Gasteiger partial charge on any atom is -0.506 e. The first-order valence-corrected chi connectivity index (χ1v) is 19.4. The van der Waals surface area contributed by atoms with Crippen LogP contribution in [0.2, 0.25) is 0 Å². The number of halogens is 1. The lowest BCUT2D eigenvalue weighted by atomic mass is 10.0. The highest BCUT2D eigenvalue weighted by Crippen LogP contribution is 2.22. The second-order valence-corrected chi connectivity index (χ2v) is 15.1. The van der Waals surface area contributed by atoms with Gasteiger partial charge in [0.25, 0.3) is 0 Å². The van der Waals surface area contributed by atoms with E-state index in [1.54, 1.807) is 29.7 Å². The van der Waals surface area contributed by atoms with Gasteiger partial charge >= 0.3 is 11.5 Å². The predicted octanol–water partition coefficient (Wildman–Crippen LogP) is 7.72. The molecule has 0 spiro atoms. The number of benzene rings is 2. The Labute approximate surface area is 341 Å². The van der Waals surface area contributed by atoms with Gasteiger partial charge in [0.1, 0.15) is 17.9 Å². The van der Waals surface area contributed by atoms with Crippen molar-refractivity contribution in [3.63, 3.8) is 0 Å². The number of aromatic hydroxyl groups is 1. The summed E-state index contributed by atoms with van der Waals surface area (Å²) in [4.78, 5) is 40.1. The Kier molecular flexibility index (Phi) is 16.0. The minimum absolute atomic E-state index is 0.0405. The van der Waals surface area contributed by atoms with Crippen LogP contribution in [0.15, 0.2) is 60.9 Å². The summed E-state index contributed by atoms with van der Waals surface area (Å²) < 4.78 is 5.54. The molecule has 4 aromatic rings. The number of aromatic nitrogens is 2. The Morgan fingerprint density at radius 1 is 0.754 bits per heavy atom. The molecule has 0 saturated carbocycles. The third kappa shape index (κ3) is 12.2. The van der Waals surface area contributed by atoms with Crippen molar-refractivity contribution in [1.29, 1.82) is 10.5 Å². The average Bonchev–Trinajstić information content (AvgIpc) is 3.17. The highest BCUT2D eigenvalue weighted by molar-refractivity contribution is 6.62. The summed E-state index contributed by atoms with van der Waals surface area (Å²) in [7, 11) is 0. The predicted molar refractivity (Wildman–Crippen MR) is 221 cm³/mol. The van der Waals surface area contributed by atoms with Gasteiger partial charge in [0.15, 0.2) is 5.75 Å². The molecule has 0 bridgehead atoms. The number of nitrogens with zero attached hydrogens (tertiary/aromatic N) is 8. The van der Waals surface area contributed by atoms with E-state index in [1.165, 1.54) is 51.8 Å². The van der Waals surface area contributed by atoms with Gasteiger partial charge in [-0.2, -0.15) is 10.5 Å². The number of ether oxygens (including phenoxy) is 1. The van der Waals surface area contributed by atoms with Gasteiger partial charge in [-0.3, -0.25) is 24.6 Å². The lowest BCUT2D eigenvalue weighted by Gasteiger charge is -2.39. The van der Waals surface area contributed by atoms with Crippen LogP contribution in [0.25, 0.3) is 0 Å². The number of rotatable bonds is 5. The third-order valence-corrected chi connectivity index (χ3v) is 10.9. The fourth-order valence-corrected chi connectivity index (χ4v) is 7.00. The third-order valence-electron chi connectivity index (χ3n) is 10.7. The molecule has 2 aliphatic heterocycles. The fraction of sp³-hybridized carbons (Fsp3) is 0.409. The summed E-state index contributed by atoms with van der Waals surface area (Å²) in [6.45, 7) is 22.6. The normalized spacial score (nSPS) is 16.9. The topological polar surface area (TPSA) is 150 Å². The van der Waals surface area contributed by atoms with Crippen molar-refractivity contribution in [3.8, 4) is 23.6 Å². The van der Waals surface area contributed by atoms with E-state index in [2.05, 4.69) is 90.8 Å². The number of nitriles is 2. The quantitative estimate of drug-likeness (QED) is 0.157. The Morgan fingerprint density at radius 2 is 1.23 bits per heavy atom. The van der Waals surface area contributed by atoms with Gasteiger partial charge in [0.2, 0.25) is 0 Å². The van der Waals surface area contributed by atoms with Gasteiger partial charge in [0, 0.05) is 89.0 Å². The number of amides is 2. The maximum Gasteiger partial charge on any atom is 0.415 e. The molecule has 4 heterocycles. The SMILES string of the molecule is Cc1cccc(CN2CCN(C(=O)Cl)[C@H](C)C2)c1C.Cc1cccc(CN2CCN(C(=O)Oc3cc(C#N)cnc3C)[C@H](C)C2)c1C.Cc1ncc(C#N)cc1O. The van der Waals surface area contributed by atoms with Gasteiger partial charge in [-0.25, -0.2) is 4.79 Å². The van der Waals surface area contributed by atoms with Crippen molar-refractivity contribution >= 4 is 23.1 Å². The van der Waals surface area contributed by atoms with E-state index in [9.17, 15) is 9.59 Å². The molecule has 2 atom stereocenters. The summed E-state index contributed by atoms with van der Waals surface area (Å²) in [5, 5.41) is 26.1. The monoisotopic (exact) mass is 792 g/mol. The summed E-state index contributed by atoms with van der Waals surface area (Å²) in [6, 6.07) is 19.9. The zero-order valence-electron chi connectivity index (χ0n) is 34.2. The summed E-state index contributed by atoms with van der Waals surface area (Å²) >= 11 is 5.57. The van der Waals surface area contributed by atoms with Crippen LogP contribution in [0.3, 0.4) is 0 Å². The Morgan fingerprint density at radius 3 is 1.68 bits per heavy atom. The van der Waals surface area contributed by atoms with Crippen LogP contribution < -0.4 is 4.74 Å². The number of pyridine rings is 2. The second-order valence-electron chi connectivity index (χ2n) is 14.8. The Balaban J connectivity index is 0.000000213. The molecule has 1 N–H and O–H groups in total. The Bertz CT molecular complexity index is 2130. The number of hydrogen-bond acceptors (Lipinski definition) is 10. The number of aryl methyl sites for hydroxylation is 4. The molecular formula is C44H53ClN8O4. The molecule has 2 amide bonds. The van der Waals surface area contributed by atoms with E-state index in [0.717, 1.165) is 39.3 Å². The number of carbonyl (C=O) groups is 2. The minimum atomic E-state index is -0.390. The molecule has 0 unspecified atom stereocenters. The lowest BCUT2D eigenvalue weighted by Crippen LogP contribution is -2.54. The largest absolute Gasteiger partial charge is 0.506 e. The van der Waals surface area contributed by atoms with Crippen molar-refractivity contribution in [2.75, 3.05) is 39.3 Å². The molecule has 12 nitrogen and oxygen atoms in total. The molecule has 57 heavy (non-hydrogen) atoms. The van der Waals surface area contributed by atoms with Crippen LogP contribution >= 0.6 is 11.6 Å². The Hall–Kier alpha value is -5.53. The van der Waals surface area contributed by atoms with E-state index < -0.39 is 0 Å². The van der Waals surface area contributed by atoms with Crippen molar-refractivity contribution in [3.05, 3.63) is 117 Å². The van der Waals surface area contributed by atoms with Crippen LogP contribution in [0.5, 0.6) is 11.5 Å². The number of carbonyl (C=O) groups excluding carboxylic acids is 2. The van der Waals surface area contributed by atoms with E-state index in [0.29, 0.717) is 41.4 Å².